The van der Waals surface area contributed by atoms with Crippen molar-refractivity contribution in [3.8, 4) is 0 Å². The molecule has 0 aromatic heterocycles. The summed E-state index contributed by atoms with van der Waals surface area (Å²) < 4.78 is 0. The van der Waals surface area contributed by atoms with E-state index in [9.17, 15) is 0 Å². The minimum Gasteiger partial charge on any atom is -0.0616 e. The molecule has 0 radical (unpaired) electrons. The number of fused-ring (bicyclic) bond motifs is 4. The van der Waals surface area contributed by atoms with Gasteiger partial charge in [0.15, 0.2) is 0 Å². The van der Waals surface area contributed by atoms with Gasteiger partial charge in [0.2, 0.25) is 0 Å². The third-order valence-corrected chi connectivity index (χ3v) is 4.87. The zero-order valence-electron chi connectivity index (χ0n) is 13.2. The quantitative estimate of drug-likeness (QED) is 0.371. The lowest BCUT2D eigenvalue weighted by molar-refractivity contribution is 1.29. The van der Waals surface area contributed by atoms with Gasteiger partial charge in [-0.1, -0.05) is 97.1 Å². The smallest absolute Gasteiger partial charge is 0.00990 e. The molecule has 0 fully saturated rings. The Morgan fingerprint density at radius 2 is 0.333 bits per heavy atom. The Hall–Kier alpha value is -3.12. The topological polar surface area (TPSA) is 0 Å². The summed E-state index contributed by atoms with van der Waals surface area (Å²) in [6, 6.07) is 34.9. The summed E-state index contributed by atoms with van der Waals surface area (Å²) in [6.45, 7) is 0. The van der Waals surface area contributed by atoms with Crippen molar-refractivity contribution < 1.29 is 0 Å². The largest absolute Gasteiger partial charge is 0.0616 e. The molecule has 0 amide bonds. The van der Waals surface area contributed by atoms with Crippen LogP contribution in [-0.4, -0.2) is 0 Å². The van der Waals surface area contributed by atoms with Gasteiger partial charge in [-0.3, -0.25) is 0 Å². The first-order valence-electron chi connectivity index (χ1n) is 8.31. The molecule has 0 bridgehead atoms. The van der Waals surface area contributed by atoms with Crippen LogP contribution in [0.5, 0.6) is 0 Å². The summed E-state index contributed by atoms with van der Waals surface area (Å²) >= 11 is 0. The van der Waals surface area contributed by atoms with Crippen LogP contribution in [0.1, 0.15) is 0 Å². The molecule has 4 aromatic rings. The summed E-state index contributed by atoms with van der Waals surface area (Å²) in [5.74, 6) is 0. The van der Waals surface area contributed by atoms with Crippen molar-refractivity contribution in [2.45, 2.75) is 0 Å². The summed E-state index contributed by atoms with van der Waals surface area (Å²) in [4.78, 5) is 0. The predicted molar refractivity (Wildman–Crippen MR) is 96.5 cm³/mol. The highest BCUT2D eigenvalue weighted by atomic mass is 14.0. The molecular formula is C24H16. The fourth-order valence-electron chi connectivity index (χ4n) is 3.81. The van der Waals surface area contributed by atoms with E-state index in [4.69, 9.17) is 0 Å². The van der Waals surface area contributed by atoms with Crippen LogP contribution < -0.4 is 0 Å². The molecule has 0 saturated carbocycles. The molecule has 0 heteroatoms. The molecule has 0 N–H and O–H groups in total. The Morgan fingerprint density at radius 3 is 0.458 bits per heavy atom. The second kappa shape index (κ2) is 5.21. The molecule has 1 aliphatic carbocycles. The Kier molecular flexibility index (Phi) is 2.89. The maximum absolute atomic E-state index is 2.24. The van der Waals surface area contributed by atoms with Crippen molar-refractivity contribution >= 4 is 0 Å². The third kappa shape index (κ3) is 1.87. The zero-order chi connectivity index (χ0) is 15.9. The highest BCUT2D eigenvalue weighted by Gasteiger charge is 1.98. The maximum Gasteiger partial charge on any atom is -0.00990 e. The van der Waals surface area contributed by atoms with Gasteiger partial charge >= 0.3 is 0 Å². The van der Waals surface area contributed by atoms with Gasteiger partial charge < -0.3 is 0 Å². The van der Waals surface area contributed by atoms with Crippen LogP contribution in [0, 0.1) is 41.7 Å². The fourth-order valence-corrected chi connectivity index (χ4v) is 3.81. The molecule has 0 saturated heterocycles. The van der Waals surface area contributed by atoms with Crippen LogP contribution in [0.25, 0.3) is 0 Å². The van der Waals surface area contributed by atoms with Gasteiger partial charge in [-0.25, -0.2) is 0 Å². The normalized spacial score (nSPS) is 15.8. The van der Waals surface area contributed by atoms with E-state index in [1.54, 1.807) is 0 Å². The van der Waals surface area contributed by atoms with Crippen molar-refractivity contribution in [2.24, 2.45) is 0 Å². The van der Waals surface area contributed by atoms with E-state index >= 15 is 0 Å². The predicted octanol–water partition coefficient (Wildman–Crippen LogP) is 5.15. The van der Waals surface area contributed by atoms with Crippen LogP contribution in [0.3, 0.4) is 0 Å². The van der Waals surface area contributed by atoms with Crippen molar-refractivity contribution in [1.29, 1.82) is 0 Å². The second-order valence-electron chi connectivity index (χ2n) is 6.18. The molecular weight excluding hydrogens is 288 g/mol. The first-order chi connectivity index (χ1) is 11.9. The summed E-state index contributed by atoms with van der Waals surface area (Å²) in [5, 5.41) is 10.4. The highest BCUT2D eigenvalue weighted by Crippen LogP contribution is 2.12. The van der Waals surface area contributed by atoms with E-state index in [0.29, 0.717) is 0 Å². The lowest BCUT2D eigenvalue weighted by atomic mass is 10.0. The van der Waals surface area contributed by atoms with Crippen LogP contribution in [-0.2, 0) is 0 Å². The molecule has 4 aromatic carbocycles. The first kappa shape index (κ1) is 13.3. The molecule has 1 aliphatic rings. The second-order valence-corrected chi connectivity index (χ2v) is 6.18. The average molecular weight is 304 g/mol. The molecule has 24 heavy (non-hydrogen) atoms. The molecule has 0 atom stereocenters. The molecule has 0 unspecified atom stereocenters. The molecule has 112 valence electrons. The van der Waals surface area contributed by atoms with Crippen molar-refractivity contribution in [3.63, 3.8) is 0 Å². The number of benzene rings is 4. The lowest BCUT2D eigenvalue weighted by Crippen LogP contribution is -1.88. The van der Waals surface area contributed by atoms with Gasteiger partial charge in [0.1, 0.15) is 0 Å². The fraction of sp³-hybridized carbons (Fsp3) is 0. The highest BCUT2D eigenvalue weighted by molar-refractivity contribution is 5.29. The number of hydrogen-bond donors (Lipinski definition) is 0. The van der Waals surface area contributed by atoms with Gasteiger partial charge in [-0.2, -0.15) is 0 Å². The number of rotatable bonds is 0. The van der Waals surface area contributed by atoms with Crippen molar-refractivity contribution in [3.05, 3.63) is 139 Å². The van der Waals surface area contributed by atoms with Gasteiger partial charge in [-0.05, 0) is 41.7 Å². The molecule has 5 rings (SSSR count). The van der Waals surface area contributed by atoms with E-state index in [1.807, 2.05) is 0 Å². The van der Waals surface area contributed by atoms with E-state index in [1.165, 1.54) is 41.7 Å². The first-order valence-corrected chi connectivity index (χ1v) is 8.31. The van der Waals surface area contributed by atoms with E-state index in [2.05, 4.69) is 97.1 Å². The van der Waals surface area contributed by atoms with Crippen molar-refractivity contribution in [1.82, 2.24) is 0 Å². The van der Waals surface area contributed by atoms with E-state index in [-0.39, 0.29) is 0 Å². The monoisotopic (exact) mass is 304 g/mol. The summed E-state index contributed by atoms with van der Waals surface area (Å²) in [5.41, 5.74) is 0. The Morgan fingerprint density at radius 1 is 0.208 bits per heavy atom. The molecule has 0 heterocycles. The van der Waals surface area contributed by atoms with E-state index < -0.39 is 0 Å². The minimum atomic E-state index is 1.30. The van der Waals surface area contributed by atoms with Gasteiger partial charge in [0, 0.05) is 0 Å². The summed E-state index contributed by atoms with van der Waals surface area (Å²) in [6.07, 6.45) is 0. The third-order valence-electron chi connectivity index (χ3n) is 4.87. The molecule has 0 spiro atoms. The molecule has 0 aliphatic heterocycles. The van der Waals surface area contributed by atoms with Gasteiger partial charge in [0.25, 0.3) is 0 Å². The standard InChI is InChI=1S/C24H16/c1-2-10-18-17(9-1)19-11-3-4-13-21(19)23-15-7-8-16-24(23)22-14-6-5-12-20(18)22/h1-16H/b19-17+,20-18+,23-21+,24-22?. The Labute approximate surface area is 139 Å². The zero-order valence-corrected chi connectivity index (χ0v) is 13.2. The van der Waals surface area contributed by atoms with Crippen LogP contribution in [0.4, 0.5) is 0 Å². The minimum absolute atomic E-state index is 1.30. The van der Waals surface area contributed by atoms with Gasteiger partial charge in [0.05, 0.1) is 0 Å². The van der Waals surface area contributed by atoms with Crippen molar-refractivity contribution in [2.75, 3.05) is 0 Å². The molecule has 0 nitrogen and oxygen atoms in total. The Balaban J connectivity index is 2.48. The van der Waals surface area contributed by atoms with Crippen LogP contribution >= 0.6 is 0 Å². The van der Waals surface area contributed by atoms with Crippen LogP contribution in [0.15, 0.2) is 97.1 Å². The average Bonchev–Trinajstić information content (AvgIpc) is 2.67. The maximum atomic E-state index is 2.24. The summed E-state index contributed by atoms with van der Waals surface area (Å²) in [7, 11) is 0. The number of hydrogen-bond acceptors (Lipinski definition) is 0. The van der Waals surface area contributed by atoms with Crippen LogP contribution in [0.2, 0.25) is 0 Å². The SMILES string of the molecule is c1cc\c2c(c1)=c1cccc/c1=c1/cccc/c1=c1/cccc/c1=2. The lowest BCUT2D eigenvalue weighted by Gasteiger charge is -2.02. The van der Waals surface area contributed by atoms with Gasteiger partial charge in [-0.15, -0.1) is 0 Å². The van der Waals surface area contributed by atoms with E-state index in [0.717, 1.165) is 0 Å². The Bertz CT molecular complexity index is 1060.